The fourth-order valence-corrected chi connectivity index (χ4v) is 3.52. The SMILES string of the molecule is CCc1nn(CC)c(CCC(Br)CC(C)C)c1Cl. The predicted molar refractivity (Wildman–Crippen MR) is 82.8 cm³/mol. The number of hydrogen-bond donors (Lipinski definition) is 0. The van der Waals surface area contributed by atoms with Crippen molar-refractivity contribution in [3.63, 3.8) is 0 Å². The average Bonchev–Trinajstić information content (AvgIpc) is 2.62. The van der Waals surface area contributed by atoms with E-state index in [1.54, 1.807) is 0 Å². The van der Waals surface area contributed by atoms with E-state index in [1.807, 2.05) is 0 Å². The van der Waals surface area contributed by atoms with E-state index < -0.39 is 0 Å². The van der Waals surface area contributed by atoms with E-state index in [-0.39, 0.29) is 0 Å². The average molecular weight is 336 g/mol. The highest BCUT2D eigenvalue weighted by atomic mass is 79.9. The van der Waals surface area contributed by atoms with Crippen LogP contribution in [-0.4, -0.2) is 14.6 Å². The van der Waals surface area contributed by atoms with Crippen molar-refractivity contribution in [2.45, 2.75) is 64.8 Å². The van der Waals surface area contributed by atoms with Gasteiger partial charge in [0, 0.05) is 11.4 Å². The molecule has 18 heavy (non-hydrogen) atoms. The lowest BCUT2D eigenvalue weighted by molar-refractivity contribution is 0.541. The Morgan fingerprint density at radius 2 is 2.00 bits per heavy atom. The third kappa shape index (κ3) is 4.27. The Kier molecular flexibility index (Phi) is 6.72. The van der Waals surface area contributed by atoms with Crippen LogP contribution in [-0.2, 0) is 19.4 Å². The molecular weight excluding hydrogens is 312 g/mol. The second-order valence-corrected chi connectivity index (χ2v) is 6.82. The second kappa shape index (κ2) is 7.54. The molecule has 1 aromatic rings. The van der Waals surface area contributed by atoms with Crippen molar-refractivity contribution >= 4 is 27.5 Å². The van der Waals surface area contributed by atoms with Crippen LogP contribution in [0.3, 0.4) is 0 Å². The molecule has 1 rings (SSSR count). The molecule has 0 spiro atoms. The summed E-state index contributed by atoms with van der Waals surface area (Å²) in [5, 5.41) is 5.43. The molecule has 0 bridgehead atoms. The van der Waals surface area contributed by atoms with Gasteiger partial charge in [-0.05, 0) is 38.5 Å². The molecule has 0 N–H and O–H groups in total. The summed E-state index contributed by atoms with van der Waals surface area (Å²) in [5.41, 5.74) is 2.23. The van der Waals surface area contributed by atoms with Gasteiger partial charge in [-0.3, -0.25) is 4.68 Å². The van der Waals surface area contributed by atoms with Crippen LogP contribution in [0, 0.1) is 5.92 Å². The molecule has 0 saturated heterocycles. The summed E-state index contributed by atoms with van der Waals surface area (Å²) < 4.78 is 2.05. The van der Waals surface area contributed by atoms with Crippen molar-refractivity contribution < 1.29 is 0 Å². The molecule has 2 nitrogen and oxygen atoms in total. The number of rotatable bonds is 7. The summed E-state index contributed by atoms with van der Waals surface area (Å²) in [6, 6.07) is 0. The molecule has 1 aromatic heterocycles. The molecule has 1 atom stereocenters. The fourth-order valence-electron chi connectivity index (χ4n) is 2.18. The number of alkyl halides is 1. The summed E-state index contributed by atoms with van der Waals surface area (Å²) in [4.78, 5) is 0.568. The van der Waals surface area contributed by atoms with Gasteiger partial charge in [-0.1, -0.05) is 48.3 Å². The molecule has 104 valence electrons. The zero-order valence-electron chi connectivity index (χ0n) is 11.8. The summed E-state index contributed by atoms with van der Waals surface area (Å²) in [7, 11) is 0. The number of aryl methyl sites for hydroxylation is 2. The maximum Gasteiger partial charge on any atom is 0.0849 e. The number of hydrogen-bond acceptors (Lipinski definition) is 1. The highest BCUT2D eigenvalue weighted by Gasteiger charge is 2.15. The first-order valence-corrected chi connectivity index (χ1v) is 8.17. The van der Waals surface area contributed by atoms with Gasteiger partial charge in [0.25, 0.3) is 0 Å². The first kappa shape index (κ1) is 16.0. The Labute approximate surface area is 124 Å². The predicted octanol–water partition coefficient (Wildman–Crippen LogP) is 4.86. The standard InChI is InChI=1S/C14H24BrClN2/c1-5-12-14(16)13(18(6-2)17-12)8-7-11(15)9-10(3)4/h10-11H,5-9H2,1-4H3. The van der Waals surface area contributed by atoms with Crippen molar-refractivity contribution in [3.05, 3.63) is 16.4 Å². The van der Waals surface area contributed by atoms with Crippen molar-refractivity contribution in [1.82, 2.24) is 9.78 Å². The van der Waals surface area contributed by atoms with Crippen LogP contribution >= 0.6 is 27.5 Å². The van der Waals surface area contributed by atoms with Crippen molar-refractivity contribution in [2.75, 3.05) is 0 Å². The topological polar surface area (TPSA) is 17.8 Å². The van der Waals surface area contributed by atoms with E-state index >= 15 is 0 Å². The van der Waals surface area contributed by atoms with Crippen LogP contribution in [0.5, 0.6) is 0 Å². The summed E-state index contributed by atoms with van der Waals surface area (Å²) in [6.45, 7) is 9.63. The molecule has 1 unspecified atom stereocenters. The molecule has 0 saturated carbocycles. The van der Waals surface area contributed by atoms with E-state index in [1.165, 1.54) is 12.1 Å². The van der Waals surface area contributed by atoms with Gasteiger partial charge < -0.3 is 0 Å². The first-order valence-electron chi connectivity index (χ1n) is 6.87. The monoisotopic (exact) mass is 334 g/mol. The Morgan fingerprint density at radius 3 is 2.50 bits per heavy atom. The smallest absolute Gasteiger partial charge is 0.0849 e. The van der Waals surface area contributed by atoms with Crippen molar-refractivity contribution in [1.29, 1.82) is 0 Å². The maximum absolute atomic E-state index is 6.40. The molecular formula is C14H24BrClN2. The van der Waals surface area contributed by atoms with E-state index in [4.69, 9.17) is 11.6 Å². The Balaban J connectivity index is 2.69. The molecule has 0 radical (unpaired) electrons. The van der Waals surface area contributed by atoms with Crippen molar-refractivity contribution in [3.8, 4) is 0 Å². The molecule has 0 fully saturated rings. The zero-order chi connectivity index (χ0) is 13.7. The number of halogens is 2. The van der Waals surface area contributed by atoms with Gasteiger partial charge in [-0.15, -0.1) is 0 Å². The normalized spacial score (nSPS) is 13.3. The summed E-state index contributed by atoms with van der Waals surface area (Å²) >= 11 is 10.2. The van der Waals surface area contributed by atoms with Gasteiger partial charge in [-0.2, -0.15) is 5.10 Å². The third-order valence-corrected chi connectivity index (χ3v) is 4.38. The van der Waals surface area contributed by atoms with Crippen LogP contribution < -0.4 is 0 Å². The van der Waals surface area contributed by atoms with Crippen LogP contribution in [0.25, 0.3) is 0 Å². The Bertz CT molecular complexity index is 374. The van der Waals surface area contributed by atoms with Gasteiger partial charge in [0.1, 0.15) is 0 Å². The van der Waals surface area contributed by atoms with Crippen LogP contribution in [0.2, 0.25) is 5.02 Å². The van der Waals surface area contributed by atoms with E-state index in [9.17, 15) is 0 Å². The molecule has 0 amide bonds. The number of nitrogens with zero attached hydrogens (tertiary/aromatic N) is 2. The fraction of sp³-hybridized carbons (Fsp3) is 0.786. The van der Waals surface area contributed by atoms with Gasteiger partial charge in [0.2, 0.25) is 0 Å². The lowest BCUT2D eigenvalue weighted by Gasteiger charge is -2.12. The molecule has 0 aromatic carbocycles. The van der Waals surface area contributed by atoms with E-state index in [0.29, 0.717) is 4.83 Å². The Hall–Kier alpha value is -0.0200. The van der Waals surface area contributed by atoms with Gasteiger partial charge in [0.05, 0.1) is 16.4 Å². The zero-order valence-corrected chi connectivity index (χ0v) is 14.2. The lowest BCUT2D eigenvalue weighted by atomic mass is 10.0. The maximum atomic E-state index is 6.40. The summed E-state index contributed by atoms with van der Waals surface area (Å²) in [5.74, 6) is 0.729. The quantitative estimate of drug-likeness (QED) is 0.651. The molecule has 1 heterocycles. The summed E-state index contributed by atoms with van der Waals surface area (Å²) in [6.07, 6.45) is 4.23. The largest absolute Gasteiger partial charge is 0.268 e. The van der Waals surface area contributed by atoms with Crippen LogP contribution in [0.4, 0.5) is 0 Å². The Morgan fingerprint density at radius 1 is 1.33 bits per heavy atom. The van der Waals surface area contributed by atoms with E-state index in [2.05, 4.69) is 53.4 Å². The van der Waals surface area contributed by atoms with E-state index in [0.717, 1.165) is 42.4 Å². The van der Waals surface area contributed by atoms with Crippen LogP contribution in [0.15, 0.2) is 0 Å². The molecule has 0 aliphatic heterocycles. The molecule has 0 aliphatic carbocycles. The van der Waals surface area contributed by atoms with Crippen LogP contribution in [0.1, 0.15) is 51.9 Å². The lowest BCUT2D eigenvalue weighted by Crippen LogP contribution is -2.08. The van der Waals surface area contributed by atoms with Gasteiger partial charge in [-0.25, -0.2) is 0 Å². The minimum absolute atomic E-state index is 0.568. The van der Waals surface area contributed by atoms with Gasteiger partial charge >= 0.3 is 0 Å². The molecule has 4 heteroatoms. The molecule has 0 aliphatic rings. The number of aromatic nitrogens is 2. The van der Waals surface area contributed by atoms with Crippen molar-refractivity contribution in [2.24, 2.45) is 5.92 Å². The minimum Gasteiger partial charge on any atom is -0.268 e. The first-order chi connectivity index (χ1) is 8.49. The highest BCUT2D eigenvalue weighted by molar-refractivity contribution is 9.09. The second-order valence-electron chi connectivity index (χ2n) is 5.14. The third-order valence-electron chi connectivity index (χ3n) is 3.12. The highest BCUT2D eigenvalue weighted by Crippen LogP contribution is 2.25. The minimum atomic E-state index is 0.568. The van der Waals surface area contributed by atoms with Gasteiger partial charge in [0.15, 0.2) is 0 Å².